The molecule has 0 radical (unpaired) electrons. The van der Waals surface area contributed by atoms with Gasteiger partial charge in [0.1, 0.15) is 0 Å². The zero-order valence-electron chi connectivity index (χ0n) is 16.2. The third kappa shape index (κ3) is 4.32. The molecule has 1 heterocycles. The summed E-state index contributed by atoms with van der Waals surface area (Å²) in [4.78, 5) is 29.3. The third-order valence-electron chi connectivity index (χ3n) is 4.66. The first-order valence-electron chi connectivity index (χ1n) is 9.14. The number of amides is 1. The summed E-state index contributed by atoms with van der Waals surface area (Å²) in [6, 6.07) is 15.6. The Morgan fingerprint density at radius 2 is 1.68 bits per heavy atom. The number of carbonyl (C=O) groups is 1. The highest BCUT2D eigenvalue weighted by Crippen LogP contribution is 2.25. The number of aryl methyl sites for hydroxylation is 1. The fraction of sp³-hybridized carbons (Fsp3) is 0.0476. The van der Waals surface area contributed by atoms with E-state index in [1.54, 1.807) is 30.3 Å². The van der Waals surface area contributed by atoms with Gasteiger partial charge in [0, 0.05) is 10.7 Å². The second-order valence-corrected chi connectivity index (χ2v) is 8.97. The summed E-state index contributed by atoms with van der Waals surface area (Å²) in [5, 5.41) is 3.22. The molecule has 4 aromatic rings. The Bertz CT molecular complexity index is 1470. The minimum Gasteiger partial charge on any atom is -0.322 e. The van der Waals surface area contributed by atoms with Gasteiger partial charge in [-0.25, -0.2) is 13.2 Å². The highest BCUT2D eigenvalue weighted by atomic mass is 35.5. The molecule has 0 saturated carbocycles. The van der Waals surface area contributed by atoms with E-state index in [4.69, 9.17) is 11.6 Å². The summed E-state index contributed by atoms with van der Waals surface area (Å²) in [6.07, 6.45) is 0. The molecule has 4 N–H and O–H groups in total. The number of carbonyl (C=O) groups excluding carboxylic acids is 1. The molecule has 0 saturated heterocycles. The highest BCUT2D eigenvalue weighted by molar-refractivity contribution is 7.92. The minimum atomic E-state index is -4.03. The fourth-order valence-electron chi connectivity index (χ4n) is 3.07. The van der Waals surface area contributed by atoms with Gasteiger partial charge in [0.05, 0.1) is 27.2 Å². The lowest BCUT2D eigenvalue weighted by atomic mass is 10.1. The Balaban J connectivity index is 1.65. The van der Waals surface area contributed by atoms with Crippen LogP contribution in [0.2, 0.25) is 5.02 Å². The van der Waals surface area contributed by atoms with E-state index in [0.29, 0.717) is 21.7 Å². The monoisotopic (exact) mass is 456 g/mol. The standard InChI is InChI=1S/C21H17ClN4O4S/c1-12-6-7-13(22)10-18(12)23-20(27)15-4-2-3-5-16(15)26-31(29,30)14-8-9-17-19(11-14)25-21(28)24-17/h2-11,26H,1H3,(H,23,27)(H2,24,25,28). The largest absolute Gasteiger partial charge is 0.323 e. The number of para-hydroxylation sites is 1. The van der Waals surface area contributed by atoms with E-state index in [2.05, 4.69) is 20.0 Å². The SMILES string of the molecule is Cc1ccc(Cl)cc1NC(=O)c1ccccc1NS(=O)(=O)c1ccc2[nH]c(=O)[nH]c2c1. The van der Waals surface area contributed by atoms with Crippen molar-refractivity contribution in [3.8, 4) is 0 Å². The smallest absolute Gasteiger partial charge is 0.322 e. The van der Waals surface area contributed by atoms with Crippen molar-refractivity contribution in [1.29, 1.82) is 0 Å². The first kappa shape index (κ1) is 20.7. The van der Waals surface area contributed by atoms with E-state index in [9.17, 15) is 18.0 Å². The molecule has 0 bridgehead atoms. The van der Waals surface area contributed by atoms with Crippen LogP contribution in [0.15, 0.2) is 70.4 Å². The number of nitrogens with one attached hydrogen (secondary N) is 4. The summed E-state index contributed by atoms with van der Waals surface area (Å²) >= 11 is 6.01. The molecule has 0 unspecified atom stereocenters. The quantitative estimate of drug-likeness (QED) is 0.364. The molecule has 1 aromatic heterocycles. The molecule has 0 fully saturated rings. The van der Waals surface area contributed by atoms with Crippen molar-refractivity contribution in [3.05, 3.63) is 87.3 Å². The van der Waals surface area contributed by atoms with E-state index in [-0.39, 0.29) is 16.1 Å². The van der Waals surface area contributed by atoms with Crippen molar-refractivity contribution >= 4 is 49.9 Å². The Morgan fingerprint density at radius 1 is 0.935 bits per heavy atom. The number of halogens is 1. The molecular weight excluding hydrogens is 440 g/mol. The summed E-state index contributed by atoms with van der Waals surface area (Å²) in [5.74, 6) is -0.492. The molecule has 1 amide bonds. The number of hydrogen-bond acceptors (Lipinski definition) is 4. The van der Waals surface area contributed by atoms with Crippen LogP contribution < -0.4 is 15.7 Å². The van der Waals surface area contributed by atoms with Gasteiger partial charge in [-0.05, 0) is 55.0 Å². The van der Waals surface area contributed by atoms with Crippen LogP contribution in [0, 0.1) is 6.92 Å². The Morgan fingerprint density at radius 3 is 2.48 bits per heavy atom. The lowest BCUT2D eigenvalue weighted by molar-refractivity contribution is 0.102. The fourth-order valence-corrected chi connectivity index (χ4v) is 4.35. The number of benzene rings is 3. The topological polar surface area (TPSA) is 124 Å². The highest BCUT2D eigenvalue weighted by Gasteiger charge is 2.20. The maximum Gasteiger partial charge on any atom is 0.323 e. The number of imidazole rings is 1. The normalized spacial score (nSPS) is 11.4. The van der Waals surface area contributed by atoms with Crippen LogP contribution in [0.3, 0.4) is 0 Å². The number of sulfonamides is 1. The lowest BCUT2D eigenvalue weighted by Crippen LogP contribution is -2.19. The maximum atomic E-state index is 12.9. The average molecular weight is 457 g/mol. The summed E-state index contributed by atoms with van der Waals surface area (Å²) < 4.78 is 28.3. The average Bonchev–Trinajstić information content (AvgIpc) is 3.10. The van der Waals surface area contributed by atoms with Crippen molar-refractivity contribution < 1.29 is 13.2 Å². The van der Waals surface area contributed by atoms with Crippen molar-refractivity contribution in [2.75, 3.05) is 10.0 Å². The lowest BCUT2D eigenvalue weighted by Gasteiger charge is -2.14. The van der Waals surface area contributed by atoms with Gasteiger partial charge in [0.15, 0.2) is 0 Å². The van der Waals surface area contributed by atoms with Gasteiger partial charge in [0.25, 0.3) is 15.9 Å². The van der Waals surface area contributed by atoms with Crippen LogP contribution in [0.25, 0.3) is 11.0 Å². The predicted molar refractivity (Wildman–Crippen MR) is 120 cm³/mol. The Kier molecular flexibility index (Phi) is 5.30. The van der Waals surface area contributed by atoms with Crippen LogP contribution in [-0.4, -0.2) is 24.3 Å². The van der Waals surface area contributed by atoms with Crippen LogP contribution in [0.5, 0.6) is 0 Å². The van der Waals surface area contributed by atoms with Crippen LogP contribution >= 0.6 is 11.6 Å². The van der Waals surface area contributed by atoms with Crippen LogP contribution in [0.1, 0.15) is 15.9 Å². The number of fused-ring (bicyclic) bond motifs is 1. The van der Waals surface area contributed by atoms with Crippen LogP contribution in [0.4, 0.5) is 11.4 Å². The molecule has 0 aliphatic heterocycles. The van der Waals surface area contributed by atoms with E-state index in [1.165, 1.54) is 30.3 Å². The number of rotatable bonds is 5. The molecule has 31 heavy (non-hydrogen) atoms. The van der Waals surface area contributed by atoms with Gasteiger partial charge in [0.2, 0.25) is 0 Å². The van der Waals surface area contributed by atoms with E-state index in [1.807, 2.05) is 6.92 Å². The van der Waals surface area contributed by atoms with E-state index in [0.717, 1.165) is 5.56 Å². The molecule has 158 valence electrons. The first-order valence-corrected chi connectivity index (χ1v) is 11.0. The van der Waals surface area contributed by atoms with E-state index >= 15 is 0 Å². The molecule has 0 aliphatic rings. The maximum absolute atomic E-state index is 12.9. The number of aromatic amines is 2. The number of H-pyrrole nitrogens is 2. The zero-order valence-corrected chi connectivity index (χ0v) is 17.8. The molecule has 4 rings (SSSR count). The minimum absolute atomic E-state index is 0.0591. The third-order valence-corrected chi connectivity index (χ3v) is 6.26. The van der Waals surface area contributed by atoms with Crippen molar-refractivity contribution in [3.63, 3.8) is 0 Å². The molecule has 0 aliphatic carbocycles. The van der Waals surface area contributed by atoms with Gasteiger partial charge in [-0.3, -0.25) is 9.52 Å². The van der Waals surface area contributed by atoms with Crippen LogP contribution in [-0.2, 0) is 10.0 Å². The molecular formula is C21H17ClN4O4S. The predicted octanol–water partition coefficient (Wildman–Crippen LogP) is 3.87. The first-order chi connectivity index (χ1) is 14.7. The summed E-state index contributed by atoms with van der Waals surface area (Å²) in [7, 11) is -4.03. The number of anilines is 2. The molecule has 0 spiro atoms. The molecule has 3 aromatic carbocycles. The Labute approximate surface area is 182 Å². The molecule has 8 nitrogen and oxygen atoms in total. The molecule has 0 atom stereocenters. The van der Waals surface area contributed by atoms with Gasteiger partial charge in [-0.15, -0.1) is 0 Å². The van der Waals surface area contributed by atoms with Gasteiger partial charge >= 0.3 is 5.69 Å². The van der Waals surface area contributed by atoms with E-state index < -0.39 is 21.6 Å². The Hall–Kier alpha value is -3.56. The van der Waals surface area contributed by atoms with Gasteiger partial charge in [-0.1, -0.05) is 29.8 Å². The zero-order chi connectivity index (χ0) is 22.2. The van der Waals surface area contributed by atoms with Crippen molar-refractivity contribution in [2.24, 2.45) is 0 Å². The number of aromatic nitrogens is 2. The van der Waals surface area contributed by atoms with Gasteiger partial charge in [-0.2, -0.15) is 0 Å². The van der Waals surface area contributed by atoms with Crippen molar-refractivity contribution in [1.82, 2.24) is 9.97 Å². The van der Waals surface area contributed by atoms with Gasteiger partial charge < -0.3 is 15.3 Å². The van der Waals surface area contributed by atoms with Crippen molar-refractivity contribution in [2.45, 2.75) is 11.8 Å². The summed E-state index contributed by atoms with van der Waals surface area (Å²) in [6.45, 7) is 1.82. The second-order valence-electron chi connectivity index (χ2n) is 6.85. The number of hydrogen-bond donors (Lipinski definition) is 4. The molecule has 10 heteroatoms. The second kappa shape index (κ2) is 7.93. The summed E-state index contributed by atoms with van der Waals surface area (Å²) in [5.41, 5.74) is 2.00.